The van der Waals surface area contributed by atoms with E-state index in [-0.39, 0.29) is 11.8 Å². The van der Waals surface area contributed by atoms with Gasteiger partial charge in [-0.3, -0.25) is 14.5 Å². The van der Waals surface area contributed by atoms with Gasteiger partial charge >= 0.3 is 0 Å². The highest BCUT2D eigenvalue weighted by Crippen LogP contribution is 2.47. The minimum atomic E-state index is -0.551. The van der Waals surface area contributed by atoms with Crippen molar-refractivity contribution in [2.75, 3.05) is 7.11 Å². The molecule has 25 heavy (non-hydrogen) atoms. The number of fused-ring (bicyclic) bond motifs is 2. The number of hydrogen-bond acceptors (Lipinski definition) is 3. The van der Waals surface area contributed by atoms with Crippen LogP contribution in [0.25, 0.3) is 0 Å². The van der Waals surface area contributed by atoms with Gasteiger partial charge in [0.2, 0.25) is 11.8 Å². The van der Waals surface area contributed by atoms with Crippen LogP contribution in [0, 0.1) is 0 Å². The van der Waals surface area contributed by atoms with Gasteiger partial charge in [0.05, 0.1) is 19.1 Å². The molecule has 128 valence electrons. The molecule has 0 saturated carbocycles. The van der Waals surface area contributed by atoms with Crippen LogP contribution in [0.2, 0.25) is 0 Å². The summed E-state index contributed by atoms with van der Waals surface area (Å²) in [5.74, 6) is 0.703. The lowest BCUT2D eigenvalue weighted by atomic mass is 9.74. The third-order valence-corrected chi connectivity index (χ3v) is 5.55. The molecule has 1 spiro atoms. The Kier molecular flexibility index (Phi) is 3.83. The van der Waals surface area contributed by atoms with Gasteiger partial charge in [-0.25, -0.2) is 0 Å². The highest BCUT2D eigenvalue weighted by Gasteiger charge is 2.51. The Morgan fingerprint density at radius 1 is 1.04 bits per heavy atom. The van der Waals surface area contributed by atoms with Crippen LogP contribution in [-0.4, -0.2) is 23.8 Å². The van der Waals surface area contributed by atoms with E-state index in [1.807, 2.05) is 48.5 Å². The van der Waals surface area contributed by atoms with Crippen molar-refractivity contribution in [2.45, 2.75) is 37.6 Å². The topological polar surface area (TPSA) is 46.6 Å². The Labute approximate surface area is 147 Å². The molecule has 1 heterocycles. The standard InChI is InChI=1S/C21H21NO3/c1-25-17-7-8-18-16(13-17)9-11-21(18)12-10-19(23)22(20(21)24)14-15-5-3-2-4-6-15/h2-8,13H,9-12,14H2,1H3. The molecule has 2 aromatic rings. The molecule has 0 radical (unpaired) electrons. The van der Waals surface area contributed by atoms with E-state index in [0.29, 0.717) is 19.4 Å². The van der Waals surface area contributed by atoms with Gasteiger partial charge in [0, 0.05) is 6.42 Å². The van der Waals surface area contributed by atoms with E-state index in [1.54, 1.807) is 7.11 Å². The number of aryl methyl sites for hydroxylation is 1. The van der Waals surface area contributed by atoms with E-state index >= 15 is 0 Å². The van der Waals surface area contributed by atoms with Crippen molar-refractivity contribution >= 4 is 11.8 Å². The first kappa shape index (κ1) is 15.9. The lowest BCUT2D eigenvalue weighted by molar-refractivity contribution is -0.154. The Morgan fingerprint density at radius 3 is 2.56 bits per heavy atom. The van der Waals surface area contributed by atoms with Gasteiger partial charge < -0.3 is 4.74 Å². The number of amides is 2. The van der Waals surface area contributed by atoms with Crippen LogP contribution in [0.15, 0.2) is 48.5 Å². The number of ether oxygens (including phenoxy) is 1. The van der Waals surface area contributed by atoms with Crippen molar-refractivity contribution in [1.29, 1.82) is 0 Å². The smallest absolute Gasteiger partial charge is 0.240 e. The first-order valence-electron chi connectivity index (χ1n) is 8.70. The molecule has 2 aromatic carbocycles. The predicted octanol–water partition coefficient (Wildman–Crippen LogP) is 3.23. The number of benzene rings is 2. The molecule has 4 heteroatoms. The molecule has 4 rings (SSSR count). The second-order valence-electron chi connectivity index (χ2n) is 6.88. The normalized spacial score (nSPS) is 22.4. The summed E-state index contributed by atoms with van der Waals surface area (Å²) >= 11 is 0. The number of methoxy groups -OCH3 is 1. The van der Waals surface area contributed by atoms with E-state index in [9.17, 15) is 9.59 Å². The molecular weight excluding hydrogens is 314 g/mol. The van der Waals surface area contributed by atoms with Crippen molar-refractivity contribution < 1.29 is 14.3 Å². The van der Waals surface area contributed by atoms with Gasteiger partial charge in [-0.1, -0.05) is 36.4 Å². The number of carbonyl (C=O) groups excluding carboxylic acids is 2. The van der Waals surface area contributed by atoms with Crippen molar-refractivity contribution in [3.8, 4) is 5.75 Å². The summed E-state index contributed by atoms with van der Waals surface area (Å²) in [5.41, 5.74) is 2.67. The van der Waals surface area contributed by atoms with Crippen LogP contribution in [0.3, 0.4) is 0 Å². The number of hydrogen-bond donors (Lipinski definition) is 0. The summed E-state index contributed by atoms with van der Waals surface area (Å²) < 4.78 is 5.31. The summed E-state index contributed by atoms with van der Waals surface area (Å²) in [7, 11) is 1.65. The van der Waals surface area contributed by atoms with Gasteiger partial charge in [-0.05, 0) is 48.1 Å². The van der Waals surface area contributed by atoms with E-state index in [4.69, 9.17) is 4.74 Å². The quantitative estimate of drug-likeness (QED) is 0.809. The molecule has 2 amide bonds. The van der Waals surface area contributed by atoms with Crippen LogP contribution in [0.1, 0.15) is 36.0 Å². The van der Waals surface area contributed by atoms with Crippen molar-refractivity contribution in [2.24, 2.45) is 0 Å². The van der Waals surface area contributed by atoms with Gasteiger partial charge in [0.1, 0.15) is 5.75 Å². The maximum absolute atomic E-state index is 13.4. The zero-order valence-corrected chi connectivity index (χ0v) is 14.3. The van der Waals surface area contributed by atoms with Crippen LogP contribution in [0.5, 0.6) is 5.75 Å². The monoisotopic (exact) mass is 335 g/mol. The van der Waals surface area contributed by atoms with E-state index in [0.717, 1.165) is 29.7 Å². The lowest BCUT2D eigenvalue weighted by Crippen LogP contribution is -2.52. The zero-order chi connectivity index (χ0) is 17.4. The highest BCUT2D eigenvalue weighted by molar-refractivity contribution is 6.04. The Morgan fingerprint density at radius 2 is 1.80 bits per heavy atom. The van der Waals surface area contributed by atoms with Crippen LogP contribution < -0.4 is 4.74 Å². The van der Waals surface area contributed by atoms with Crippen LogP contribution in [0.4, 0.5) is 0 Å². The minimum Gasteiger partial charge on any atom is -0.497 e. The molecule has 1 atom stereocenters. The van der Waals surface area contributed by atoms with E-state index < -0.39 is 5.41 Å². The fourth-order valence-corrected chi connectivity index (χ4v) is 4.20. The van der Waals surface area contributed by atoms with E-state index in [2.05, 4.69) is 0 Å². The highest BCUT2D eigenvalue weighted by atomic mass is 16.5. The number of nitrogens with zero attached hydrogens (tertiary/aromatic N) is 1. The van der Waals surface area contributed by atoms with Gasteiger partial charge in [-0.15, -0.1) is 0 Å². The number of imide groups is 1. The third-order valence-electron chi connectivity index (χ3n) is 5.55. The molecule has 1 unspecified atom stereocenters. The third kappa shape index (κ3) is 2.53. The molecule has 1 aliphatic heterocycles. The number of carbonyl (C=O) groups is 2. The second kappa shape index (κ2) is 6.03. The summed E-state index contributed by atoms with van der Waals surface area (Å²) in [5, 5.41) is 0. The SMILES string of the molecule is COc1ccc2c(c1)CCC21CCC(=O)N(Cc2ccccc2)C1=O. The van der Waals surface area contributed by atoms with Gasteiger partial charge in [0.25, 0.3) is 0 Å². The fourth-order valence-electron chi connectivity index (χ4n) is 4.20. The molecule has 0 N–H and O–H groups in total. The summed E-state index contributed by atoms with van der Waals surface area (Å²) in [6.07, 6.45) is 2.65. The van der Waals surface area contributed by atoms with Crippen LogP contribution in [-0.2, 0) is 28.0 Å². The number of rotatable bonds is 3. The molecule has 1 saturated heterocycles. The molecule has 1 aliphatic carbocycles. The average molecular weight is 335 g/mol. The Hall–Kier alpha value is -2.62. The second-order valence-corrected chi connectivity index (χ2v) is 6.88. The van der Waals surface area contributed by atoms with Crippen LogP contribution >= 0.6 is 0 Å². The maximum atomic E-state index is 13.4. The summed E-state index contributed by atoms with van der Waals surface area (Å²) in [6, 6.07) is 15.7. The van der Waals surface area contributed by atoms with Gasteiger partial charge in [-0.2, -0.15) is 0 Å². The maximum Gasteiger partial charge on any atom is 0.240 e. The number of piperidine rings is 1. The largest absolute Gasteiger partial charge is 0.497 e. The van der Waals surface area contributed by atoms with Crippen molar-refractivity contribution in [3.05, 3.63) is 65.2 Å². The summed E-state index contributed by atoms with van der Waals surface area (Å²) in [4.78, 5) is 27.3. The first-order chi connectivity index (χ1) is 12.1. The molecule has 0 bridgehead atoms. The Bertz CT molecular complexity index is 830. The minimum absolute atomic E-state index is 0.0449. The number of likely N-dealkylation sites (tertiary alicyclic amines) is 1. The first-order valence-corrected chi connectivity index (χ1v) is 8.70. The Balaban J connectivity index is 1.68. The molecule has 2 aliphatic rings. The lowest BCUT2D eigenvalue weighted by Gasteiger charge is -2.39. The fraction of sp³-hybridized carbons (Fsp3) is 0.333. The molecule has 0 aromatic heterocycles. The molecule has 1 fully saturated rings. The van der Waals surface area contributed by atoms with E-state index in [1.165, 1.54) is 10.5 Å². The van der Waals surface area contributed by atoms with Crippen molar-refractivity contribution in [3.63, 3.8) is 0 Å². The molecule has 4 nitrogen and oxygen atoms in total. The predicted molar refractivity (Wildman–Crippen MR) is 94.2 cm³/mol. The zero-order valence-electron chi connectivity index (χ0n) is 14.3. The summed E-state index contributed by atoms with van der Waals surface area (Å²) in [6.45, 7) is 0.353. The molecular formula is C21H21NO3. The average Bonchev–Trinajstić information content (AvgIpc) is 3.02. The van der Waals surface area contributed by atoms with Gasteiger partial charge in [0.15, 0.2) is 0 Å². The van der Waals surface area contributed by atoms with Crippen molar-refractivity contribution in [1.82, 2.24) is 4.90 Å².